The first-order valence-corrected chi connectivity index (χ1v) is 7.93. The summed E-state index contributed by atoms with van der Waals surface area (Å²) in [5.41, 5.74) is 10.4. The number of methoxy groups -OCH3 is 1. The minimum absolute atomic E-state index is 0.0864. The Morgan fingerprint density at radius 2 is 2.00 bits per heavy atom. The zero-order chi connectivity index (χ0) is 18.1. The van der Waals surface area contributed by atoms with Crippen molar-refractivity contribution >= 4 is 11.9 Å². The second-order valence-corrected chi connectivity index (χ2v) is 6.74. The van der Waals surface area contributed by atoms with Gasteiger partial charge in [0, 0.05) is 6.54 Å². The average Bonchev–Trinajstić information content (AvgIpc) is 2.83. The van der Waals surface area contributed by atoms with Crippen LogP contribution in [0.1, 0.15) is 32.3 Å². The van der Waals surface area contributed by atoms with E-state index in [1.165, 1.54) is 24.1 Å². The number of phenolic OH excluding ortho intramolecular Hbond substituents is 1. The van der Waals surface area contributed by atoms with Crippen LogP contribution in [0.15, 0.2) is 24.3 Å². The molecule has 1 aliphatic heterocycles. The number of hydrogen-bond donors (Lipinski definition) is 3. The summed E-state index contributed by atoms with van der Waals surface area (Å²) in [5.74, 6) is -0.892. The smallest absolute Gasteiger partial charge is 0.346 e. The van der Waals surface area contributed by atoms with E-state index in [0.29, 0.717) is 12.0 Å². The Balaban J connectivity index is 2.38. The lowest BCUT2D eigenvalue weighted by molar-refractivity contribution is -0.162. The number of carbonyl (C=O) groups is 2. The summed E-state index contributed by atoms with van der Waals surface area (Å²) in [7, 11) is 1.25. The number of ether oxygens (including phenoxy) is 1. The summed E-state index contributed by atoms with van der Waals surface area (Å²) in [6.45, 7) is 4.09. The Labute approximate surface area is 141 Å². The largest absolute Gasteiger partial charge is 0.508 e. The third-order valence-corrected chi connectivity index (χ3v) is 4.48. The maximum Gasteiger partial charge on any atom is 0.346 e. The van der Waals surface area contributed by atoms with Crippen LogP contribution in [0.25, 0.3) is 0 Å². The minimum atomic E-state index is -1.54. The molecule has 0 radical (unpaired) electrons. The molecule has 0 saturated carbocycles. The molecule has 0 aromatic heterocycles. The molecule has 1 amide bonds. The fraction of sp³-hybridized carbons (Fsp3) is 0.529. The van der Waals surface area contributed by atoms with Crippen LogP contribution in [0.2, 0.25) is 0 Å². The summed E-state index contributed by atoms with van der Waals surface area (Å²) < 4.78 is 4.83. The van der Waals surface area contributed by atoms with Crippen LogP contribution >= 0.6 is 0 Å². The maximum absolute atomic E-state index is 13.0. The Morgan fingerprint density at radius 1 is 1.42 bits per heavy atom. The van der Waals surface area contributed by atoms with Gasteiger partial charge in [0.25, 0.3) is 0 Å². The van der Waals surface area contributed by atoms with E-state index in [9.17, 15) is 14.7 Å². The van der Waals surface area contributed by atoms with Crippen molar-refractivity contribution in [2.24, 2.45) is 17.4 Å². The van der Waals surface area contributed by atoms with Gasteiger partial charge >= 0.3 is 5.97 Å². The first-order chi connectivity index (χ1) is 11.1. The molecule has 1 heterocycles. The van der Waals surface area contributed by atoms with Gasteiger partial charge < -0.3 is 20.5 Å². The number of amides is 1. The fourth-order valence-electron chi connectivity index (χ4n) is 3.25. The number of hydrogen-bond acceptors (Lipinski definition) is 6. The van der Waals surface area contributed by atoms with Crippen LogP contribution in [0.3, 0.4) is 0 Å². The van der Waals surface area contributed by atoms with Crippen LogP contribution in [-0.4, -0.2) is 41.2 Å². The van der Waals surface area contributed by atoms with E-state index in [2.05, 4.69) is 0 Å². The van der Waals surface area contributed by atoms with Gasteiger partial charge in [-0.25, -0.2) is 4.79 Å². The Kier molecular flexibility index (Phi) is 4.87. The Hall–Kier alpha value is -2.12. The summed E-state index contributed by atoms with van der Waals surface area (Å²) in [4.78, 5) is 26.6. The number of aromatic hydroxyl groups is 1. The summed E-state index contributed by atoms with van der Waals surface area (Å²) in [6, 6.07) is 6.17. The molecule has 1 fully saturated rings. The molecule has 1 aromatic carbocycles. The highest BCUT2D eigenvalue weighted by Crippen LogP contribution is 2.36. The predicted molar refractivity (Wildman–Crippen MR) is 88.7 cm³/mol. The lowest BCUT2D eigenvalue weighted by Gasteiger charge is -2.38. The van der Waals surface area contributed by atoms with Crippen molar-refractivity contribution < 1.29 is 19.4 Å². The third-order valence-electron chi connectivity index (χ3n) is 4.48. The van der Waals surface area contributed by atoms with Gasteiger partial charge in [0.15, 0.2) is 5.66 Å². The number of phenols is 1. The SMILES string of the molecule is COC(=O)[C@](N)(CC(C)C)N1CC[C@@](N)(c2ccc(O)cc2)C1=O. The molecular formula is C17H25N3O4. The number of esters is 1. The molecule has 0 spiro atoms. The minimum Gasteiger partial charge on any atom is -0.508 e. The topological polar surface area (TPSA) is 119 Å². The first kappa shape index (κ1) is 18.2. The van der Waals surface area contributed by atoms with Crippen LogP contribution in [0.5, 0.6) is 5.75 Å². The molecule has 2 rings (SSSR count). The Bertz CT molecular complexity index is 631. The maximum atomic E-state index is 13.0. The molecular weight excluding hydrogens is 310 g/mol. The standard InChI is InChI=1S/C17H25N3O4/c1-11(2)10-17(19,15(23)24-3)20-9-8-16(18,14(20)22)12-4-6-13(21)7-5-12/h4-7,11,21H,8-10,18-19H2,1-3H3/t16-,17+/m1/s1. The van der Waals surface area contributed by atoms with E-state index in [4.69, 9.17) is 16.2 Å². The van der Waals surface area contributed by atoms with Crippen molar-refractivity contribution in [3.8, 4) is 5.75 Å². The summed E-state index contributed by atoms with van der Waals surface area (Å²) in [6.07, 6.45) is 0.599. The number of nitrogens with two attached hydrogens (primary N) is 2. The molecule has 1 aromatic rings. The number of benzene rings is 1. The van der Waals surface area contributed by atoms with E-state index < -0.39 is 23.1 Å². The first-order valence-electron chi connectivity index (χ1n) is 7.93. The lowest BCUT2D eigenvalue weighted by atomic mass is 9.89. The van der Waals surface area contributed by atoms with Crippen molar-refractivity contribution in [1.82, 2.24) is 4.90 Å². The normalized spacial score (nSPS) is 23.4. The van der Waals surface area contributed by atoms with Gasteiger partial charge in [-0.1, -0.05) is 26.0 Å². The molecule has 7 nitrogen and oxygen atoms in total. The van der Waals surface area contributed by atoms with Gasteiger partial charge in [-0.05, 0) is 36.5 Å². The number of nitrogens with zero attached hydrogens (tertiary/aromatic N) is 1. The monoisotopic (exact) mass is 335 g/mol. The number of rotatable bonds is 5. The molecule has 1 saturated heterocycles. The molecule has 1 aliphatic rings. The van der Waals surface area contributed by atoms with E-state index in [1.807, 2.05) is 13.8 Å². The molecule has 0 aliphatic carbocycles. The molecule has 0 unspecified atom stereocenters. The van der Waals surface area contributed by atoms with Crippen molar-refractivity contribution in [2.75, 3.05) is 13.7 Å². The predicted octanol–water partition coefficient (Wildman–Crippen LogP) is 0.653. The van der Waals surface area contributed by atoms with Crippen molar-refractivity contribution in [1.29, 1.82) is 0 Å². The molecule has 5 N–H and O–H groups in total. The molecule has 132 valence electrons. The van der Waals surface area contributed by atoms with Crippen LogP contribution in [0, 0.1) is 5.92 Å². The van der Waals surface area contributed by atoms with Gasteiger partial charge in [0.1, 0.15) is 11.3 Å². The van der Waals surface area contributed by atoms with E-state index in [1.54, 1.807) is 12.1 Å². The summed E-state index contributed by atoms with van der Waals surface area (Å²) in [5, 5.41) is 9.42. The highest BCUT2D eigenvalue weighted by molar-refractivity contribution is 5.94. The number of carbonyl (C=O) groups excluding carboxylic acids is 2. The van der Waals surface area contributed by atoms with Crippen molar-refractivity contribution in [3.63, 3.8) is 0 Å². The van der Waals surface area contributed by atoms with Crippen molar-refractivity contribution in [3.05, 3.63) is 29.8 Å². The van der Waals surface area contributed by atoms with Crippen LogP contribution in [0.4, 0.5) is 0 Å². The molecule has 7 heteroatoms. The van der Waals surface area contributed by atoms with E-state index in [-0.39, 0.29) is 24.6 Å². The van der Waals surface area contributed by atoms with E-state index >= 15 is 0 Å². The zero-order valence-electron chi connectivity index (χ0n) is 14.3. The average molecular weight is 335 g/mol. The number of likely N-dealkylation sites (tertiary alicyclic amines) is 1. The van der Waals surface area contributed by atoms with E-state index in [0.717, 1.165) is 0 Å². The summed E-state index contributed by atoms with van der Waals surface area (Å²) >= 11 is 0. The Morgan fingerprint density at radius 3 is 2.50 bits per heavy atom. The highest BCUT2D eigenvalue weighted by Gasteiger charge is 2.54. The van der Waals surface area contributed by atoms with Crippen molar-refractivity contribution in [2.45, 2.75) is 37.9 Å². The van der Waals surface area contributed by atoms with Gasteiger partial charge in [-0.15, -0.1) is 0 Å². The molecule has 2 atom stereocenters. The fourth-order valence-corrected chi connectivity index (χ4v) is 3.25. The van der Waals surface area contributed by atoms with Gasteiger partial charge in [0.2, 0.25) is 5.91 Å². The zero-order valence-corrected chi connectivity index (χ0v) is 14.3. The van der Waals surface area contributed by atoms with Crippen LogP contribution in [-0.2, 0) is 19.9 Å². The van der Waals surface area contributed by atoms with Gasteiger partial charge in [-0.3, -0.25) is 10.5 Å². The highest BCUT2D eigenvalue weighted by atomic mass is 16.5. The quantitative estimate of drug-likeness (QED) is 0.680. The second-order valence-electron chi connectivity index (χ2n) is 6.74. The van der Waals surface area contributed by atoms with Gasteiger partial charge in [-0.2, -0.15) is 0 Å². The molecule has 0 bridgehead atoms. The van der Waals surface area contributed by atoms with Crippen LogP contribution < -0.4 is 11.5 Å². The third kappa shape index (κ3) is 2.97. The molecule has 24 heavy (non-hydrogen) atoms. The second kappa shape index (κ2) is 6.41. The lowest BCUT2D eigenvalue weighted by Crippen LogP contribution is -2.64. The van der Waals surface area contributed by atoms with Gasteiger partial charge in [0.05, 0.1) is 7.11 Å².